The van der Waals surface area contributed by atoms with Gasteiger partial charge in [-0.2, -0.15) is 0 Å². The van der Waals surface area contributed by atoms with Crippen molar-refractivity contribution in [2.75, 3.05) is 0 Å². The summed E-state index contributed by atoms with van der Waals surface area (Å²) in [7, 11) is 0. The summed E-state index contributed by atoms with van der Waals surface area (Å²) in [6.45, 7) is 0.558. The minimum atomic E-state index is 0.409. The lowest BCUT2D eigenvalue weighted by atomic mass is 9.97. The quantitative estimate of drug-likeness (QED) is 0.823. The highest BCUT2D eigenvalue weighted by Gasteiger charge is 2.15. The topological polar surface area (TPSA) is 35.2 Å². The van der Waals surface area contributed by atoms with E-state index < -0.39 is 0 Å². The van der Waals surface area contributed by atoms with Gasteiger partial charge in [-0.15, -0.1) is 0 Å². The van der Waals surface area contributed by atoms with Gasteiger partial charge >= 0.3 is 0 Å². The zero-order valence-corrected chi connectivity index (χ0v) is 9.11. The second kappa shape index (κ2) is 5.17. The van der Waals surface area contributed by atoms with E-state index in [0.717, 1.165) is 11.3 Å². The minimum Gasteiger partial charge on any atom is -0.490 e. The lowest BCUT2D eigenvalue weighted by Gasteiger charge is -2.24. The first-order valence-electron chi connectivity index (χ1n) is 5.85. The summed E-state index contributed by atoms with van der Waals surface area (Å²) in [5.74, 6) is 0.979. The second-order valence-electron chi connectivity index (χ2n) is 4.19. The van der Waals surface area contributed by atoms with E-state index in [1.807, 2.05) is 24.3 Å². The van der Waals surface area contributed by atoms with Crippen molar-refractivity contribution in [2.24, 2.45) is 5.73 Å². The third-order valence-corrected chi connectivity index (χ3v) is 3.04. The largest absolute Gasteiger partial charge is 0.490 e. The minimum absolute atomic E-state index is 0.409. The van der Waals surface area contributed by atoms with Crippen molar-refractivity contribution in [3.63, 3.8) is 0 Å². The van der Waals surface area contributed by atoms with E-state index in [2.05, 4.69) is 0 Å². The van der Waals surface area contributed by atoms with E-state index in [1.54, 1.807) is 0 Å². The van der Waals surface area contributed by atoms with Crippen LogP contribution >= 0.6 is 0 Å². The van der Waals surface area contributed by atoms with Crippen LogP contribution in [0.15, 0.2) is 24.3 Å². The number of hydrogen-bond donors (Lipinski definition) is 1. The predicted octanol–water partition coefficient (Wildman–Crippen LogP) is 2.86. The van der Waals surface area contributed by atoms with Gasteiger partial charge in [-0.25, -0.2) is 0 Å². The Balaban J connectivity index is 2.02. The summed E-state index contributed by atoms with van der Waals surface area (Å²) < 4.78 is 6.00. The van der Waals surface area contributed by atoms with Gasteiger partial charge in [0.05, 0.1) is 6.10 Å². The van der Waals surface area contributed by atoms with Gasteiger partial charge in [-0.3, -0.25) is 0 Å². The van der Waals surface area contributed by atoms with E-state index in [1.165, 1.54) is 32.1 Å². The average molecular weight is 205 g/mol. The van der Waals surface area contributed by atoms with Gasteiger partial charge in [0.25, 0.3) is 0 Å². The molecule has 0 saturated heterocycles. The maximum Gasteiger partial charge on any atom is 0.124 e. The first-order valence-corrected chi connectivity index (χ1v) is 5.85. The Morgan fingerprint density at radius 1 is 1.13 bits per heavy atom. The number of rotatable bonds is 3. The van der Waals surface area contributed by atoms with Crippen molar-refractivity contribution in [1.82, 2.24) is 0 Å². The van der Waals surface area contributed by atoms with Gasteiger partial charge in [0.2, 0.25) is 0 Å². The molecular formula is C13H19NO. The van der Waals surface area contributed by atoms with Crippen LogP contribution in [0.25, 0.3) is 0 Å². The Kier molecular flexibility index (Phi) is 3.62. The molecule has 1 aliphatic carbocycles. The SMILES string of the molecule is NCc1ccccc1OC1CCCCC1. The molecule has 2 rings (SSSR count). The molecule has 0 unspecified atom stereocenters. The molecule has 2 N–H and O–H groups in total. The highest BCUT2D eigenvalue weighted by Crippen LogP contribution is 2.25. The van der Waals surface area contributed by atoms with Crippen molar-refractivity contribution in [3.8, 4) is 5.75 Å². The van der Waals surface area contributed by atoms with Crippen LogP contribution in [-0.4, -0.2) is 6.10 Å². The highest BCUT2D eigenvalue weighted by atomic mass is 16.5. The molecule has 1 saturated carbocycles. The zero-order valence-electron chi connectivity index (χ0n) is 9.11. The van der Waals surface area contributed by atoms with E-state index in [4.69, 9.17) is 10.5 Å². The van der Waals surface area contributed by atoms with Gasteiger partial charge in [0.1, 0.15) is 5.75 Å². The van der Waals surface area contributed by atoms with Crippen molar-refractivity contribution >= 4 is 0 Å². The molecule has 2 nitrogen and oxygen atoms in total. The second-order valence-corrected chi connectivity index (χ2v) is 4.19. The number of nitrogens with two attached hydrogens (primary N) is 1. The molecule has 0 heterocycles. The fraction of sp³-hybridized carbons (Fsp3) is 0.538. The Morgan fingerprint density at radius 2 is 1.87 bits per heavy atom. The van der Waals surface area contributed by atoms with Crippen LogP contribution in [-0.2, 0) is 6.54 Å². The summed E-state index contributed by atoms with van der Waals surface area (Å²) >= 11 is 0. The van der Waals surface area contributed by atoms with Gasteiger partial charge < -0.3 is 10.5 Å². The third-order valence-electron chi connectivity index (χ3n) is 3.04. The third kappa shape index (κ3) is 2.72. The fourth-order valence-corrected chi connectivity index (χ4v) is 2.15. The van der Waals surface area contributed by atoms with E-state index in [-0.39, 0.29) is 0 Å². The van der Waals surface area contributed by atoms with E-state index >= 15 is 0 Å². The Labute approximate surface area is 91.4 Å². The molecule has 0 atom stereocenters. The molecule has 0 amide bonds. The van der Waals surface area contributed by atoms with Gasteiger partial charge in [0, 0.05) is 12.1 Å². The van der Waals surface area contributed by atoms with Crippen LogP contribution in [0.4, 0.5) is 0 Å². The average Bonchev–Trinajstić information content (AvgIpc) is 2.31. The molecule has 0 radical (unpaired) electrons. The summed E-state index contributed by atoms with van der Waals surface area (Å²) in [4.78, 5) is 0. The Morgan fingerprint density at radius 3 is 2.60 bits per heavy atom. The number of ether oxygens (including phenoxy) is 1. The molecule has 1 fully saturated rings. The van der Waals surface area contributed by atoms with Crippen molar-refractivity contribution in [3.05, 3.63) is 29.8 Å². The lowest BCUT2D eigenvalue weighted by Crippen LogP contribution is -2.20. The lowest BCUT2D eigenvalue weighted by molar-refractivity contribution is 0.153. The van der Waals surface area contributed by atoms with Crippen LogP contribution < -0.4 is 10.5 Å². The van der Waals surface area contributed by atoms with Crippen LogP contribution in [0, 0.1) is 0 Å². The molecule has 1 aliphatic rings. The van der Waals surface area contributed by atoms with E-state index in [0.29, 0.717) is 12.6 Å². The number of para-hydroxylation sites is 1. The van der Waals surface area contributed by atoms with Crippen LogP contribution in [0.5, 0.6) is 5.75 Å². The smallest absolute Gasteiger partial charge is 0.124 e. The van der Waals surface area contributed by atoms with Gasteiger partial charge in [-0.1, -0.05) is 24.6 Å². The van der Waals surface area contributed by atoms with Crippen LogP contribution in [0.2, 0.25) is 0 Å². The predicted molar refractivity (Wildman–Crippen MR) is 61.8 cm³/mol. The highest BCUT2D eigenvalue weighted by molar-refractivity contribution is 5.33. The Hall–Kier alpha value is -1.02. The van der Waals surface area contributed by atoms with Crippen molar-refractivity contribution in [2.45, 2.75) is 44.8 Å². The van der Waals surface area contributed by atoms with Gasteiger partial charge in [-0.05, 0) is 31.7 Å². The summed E-state index contributed by atoms with van der Waals surface area (Å²) in [6.07, 6.45) is 6.76. The zero-order chi connectivity index (χ0) is 10.5. The molecular weight excluding hydrogens is 186 g/mol. The molecule has 0 aromatic heterocycles. The first kappa shape index (κ1) is 10.5. The molecule has 0 spiro atoms. The molecule has 0 aliphatic heterocycles. The fourth-order valence-electron chi connectivity index (χ4n) is 2.15. The Bertz CT molecular complexity index is 305. The maximum absolute atomic E-state index is 6.00. The molecule has 1 aromatic rings. The molecule has 82 valence electrons. The molecule has 15 heavy (non-hydrogen) atoms. The maximum atomic E-state index is 6.00. The van der Waals surface area contributed by atoms with Crippen LogP contribution in [0.1, 0.15) is 37.7 Å². The monoisotopic (exact) mass is 205 g/mol. The normalized spacial score (nSPS) is 17.7. The van der Waals surface area contributed by atoms with Crippen LogP contribution in [0.3, 0.4) is 0 Å². The molecule has 2 heteroatoms. The summed E-state index contributed by atoms with van der Waals surface area (Å²) in [5, 5.41) is 0. The number of benzene rings is 1. The van der Waals surface area contributed by atoms with Crippen molar-refractivity contribution in [1.29, 1.82) is 0 Å². The van der Waals surface area contributed by atoms with Crippen molar-refractivity contribution < 1.29 is 4.74 Å². The summed E-state index contributed by atoms with van der Waals surface area (Å²) in [5.41, 5.74) is 6.79. The summed E-state index contributed by atoms with van der Waals surface area (Å²) in [6, 6.07) is 8.09. The van der Waals surface area contributed by atoms with E-state index in [9.17, 15) is 0 Å². The molecule has 0 bridgehead atoms. The number of hydrogen-bond acceptors (Lipinski definition) is 2. The first-order chi connectivity index (χ1) is 7.40. The molecule has 1 aromatic carbocycles. The standard InChI is InChI=1S/C13H19NO/c14-10-11-6-4-5-9-13(11)15-12-7-2-1-3-8-12/h4-6,9,12H,1-3,7-8,10,14H2. The van der Waals surface area contributed by atoms with Gasteiger partial charge in [0.15, 0.2) is 0 Å².